The quantitative estimate of drug-likeness (QED) is 0.422. The third-order valence-corrected chi connectivity index (χ3v) is 7.48. The van der Waals surface area contributed by atoms with Crippen molar-refractivity contribution in [3.05, 3.63) is 70.3 Å². The minimum atomic E-state index is -0.541. The Morgan fingerprint density at radius 2 is 1.83 bits per heavy atom. The number of carbonyl (C=O) groups is 1. The summed E-state index contributed by atoms with van der Waals surface area (Å²) in [5, 5.41) is 4.78. The molecule has 2 aromatic rings. The molecule has 2 aliphatic carbocycles. The molecule has 2 aliphatic rings. The minimum Gasteiger partial charge on any atom is -0.497 e. The fourth-order valence-corrected chi connectivity index (χ4v) is 5.13. The molecule has 0 amide bonds. The number of oxime groups is 1. The number of methoxy groups -OCH3 is 1. The topological polar surface area (TPSA) is 47.9 Å². The third kappa shape index (κ3) is 3.24. The molecule has 2 atom stereocenters. The van der Waals surface area contributed by atoms with Gasteiger partial charge in [-0.3, -0.25) is 0 Å². The average molecular weight is 424 g/mol. The molecule has 2 bridgehead atoms. The lowest BCUT2D eigenvalue weighted by Gasteiger charge is -2.33. The zero-order valence-corrected chi connectivity index (χ0v) is 18.5. The first-order chi connectivity index (χ1) is 14.3. The summed E-state index contributed by atoms with van der Waals surface area (Å²) in [6.07, 6.45) is 4.29. The van der Waals surface area contributed by atoms with Crippen LogP contribution in [0.2, 0.25) is 5.02 Å². The average Bonchev–Trinajstić information content (AvgIpc) is 3.05. The standard InChI is InChI=1S/C25H26ClNO3/c1-24(2)20-13-14-25(24,3)22(19(20)15-16-9-11-17(29-4)12-10-16)27-30-23(28)18-7-5-6-8-21(18)26/h5-12,15,20H,13-14H2,1-4H3. The Kier molecular flexibility index (Phi) is 5.23. The first-order valence-corrected chi connectivity index (χ1v) is 10.6. The van der Waals surface area contributed by atoms with Crippen molar-refractivity contribution in [2.45, 2.75) is 33.6 Å². The van der Waals surface area contributed by atoms with Gasteiger partial charge in [0.2, 0.25) is 0 Å². The number of hydrogen-bond donors (Lipinski definition) is 0. The van der Waals surface area contributed by atoms with Crippen molar-refractivity contribution in [2.75, 3.05) is 7.11 Å². The van der Waals surface area contributed by atoms with Crippen molar-refractivity contribution >= 4 is 29.4 Å². The Morgan fingerprint density at radius 1 is 1.13 bits per heavy atom. The van der Waals surface area contributed by atoms with Crippen LogP contribution in [0.4, 0.5) is 0 Å². The van der Waals surface area contributed by atoms with Gasteiger partial charge in [-0.05, 0) is 65.7 Å². The summed E-state index contributed by atoms with van der Waals surface area (Å²) < 4.78 is 5.26. The summed E-state index contributed by atoms with van der Waals surface area (Å²) >= 11 is 6.14. The van der Waals surface area contributed by atoms with E-state index >= 15 is 0 Å². The summed E-state index contributed by atoms with van der Waals surface area (Å²) in [5.74, 6) is 0.642. The molecule has 2 fully saturated rings. The van der Waals surface area contributed by atoms with Gasteiger partial charge in [0.25, 0.3) is 0 Å². The first kappa shape index (κ1) is 20.7. The van der Waals surface area contributed by atoms with Crippen LogP contribution in [0.15, 0.2) is 59.3 Å². The number of hydrogen-bond acceptors (Lipinski definition) is 4. The van der Waals surface area contributed by atoms with Crippen LogP contribution in [0.1, 0.15) is 49.5 Å². The maximum Gasteiger partial charge on any atom is 0.367 e. The molecule has 0 saturated heterocycles. The lowest BCUT2D eigenvalue weighted by atomic mass is 9.70. The van der Waals surface area contributed by atoms with Gasteiger partial charge < -0.3 is 9.57 Å². The molecule has 156 valence electrons. The van der Waals surface area contributed by atoms with Crippen molar-refractivity contribution in [3.8, 4) is 5.75 Å². The highest BCUT2D eigenvalue weighted by Gasteiger charge is 2.63. The molecule has 4 nitrogen and oxygen atoms in total. The number of rotatable bonds is 4. The fourth-order valence-electron chi connectivity index (χ4n) is 4.92. The van der Waals surface area contributed by atoms with Gasteiger partial charge in [-0.1, -0.05) is 61.8 Å². The third-order valence-electron chi connectivity index (χ3n) is 7.15. The van der Waals surface area contributed by atoms with Crippen molar-refractivity contribution in [3.63, 3.8) is 0 Å². The van der Waals surface area contributed by atoms with Crippen molar-refractivity contribution < 1.29 is 14.4 Å². The van der Waals surface area contributed by atoms with Gasteiger partial charge in [0.1, 0.15) is 5.75 Å². The molecule has 30 heavy (non-hydrogen) atoms. The summed E-state index contributed by atoms with van der Waals surface area (Å²) in [4.78, 5) is 18.0. The monoisotopic (exact) mass is 423 g/mol. The highest BCUT2D eigenvalue weighted by molar-refractivity contribution is 6.33. The zero-order chi connectivity index (χ0) is 21.5. The van der Waals surface area contributed by atoms with E-state index in [0.717, 1.165) is 35.4 Å². The molecule has 2 aromatic carbocycles. The van der Waals surface area contributed by atoms with Crippen LogP contribution in [0, 0.1) is 16.7 Å². The van der Waals surface area contributed by atoms with E-state index in [4.69, 9.17) is 21.2 Å². The number of benzene rings is 2. The highest BCUT2D eigenvalue weighted by Crippen LogP contribution is 2.66. The maximum absolute atomic E-state index is 12.6. The lowest BCUT2D eigenvalue weighted by molar-refractivity contribution is 0.0509. The van der Waals surface area contributed by atoms with Gasteiger partial charge in [-0.25, -0.2) is 4.79 Å². The number of allylic oxidation sites excluding steroid dienone is 1. The molecule has 0 radical (unpaired) electrons. The fraction of sp³-hybridized carbons (Fsp3) is 0.360. The van der Waals surface area contributed by atoms with Crippen molar-refractivity contribution in [1.29, 1.82) is 0 Å². The number of carbonyl (C=O) groups excluding carboxylic acids is 1. The highest BCUT2D eigenvalue weighted by atomic mass is 35.5. The molecule has 0 spiro atoms. The van der Waals surface area contributed by atoms with E-state index in [0.29, 0.717) is 16.5 Å². The van der Waals surface area contributed by atoms with E-state index in [1.807, 2.05) is 24.3 Å². The van der Waals surface area contributed by atoms with Gasteiger partial charge in [-0.15, -0.1) is 0 Å². The van der Waals surface area contributed by atoms with Crippen LogP contribution in [0.3, 0.4) is 0 Å². The Morgan fingerprint density at radius 3 is 2.50 bits per heavy atom. The Bertz CT molecular complexity index is 1040. The van der Waals surface area contributed by atoms with Gasteiger partial charge >= 0.3 is 5.97 Å². The summed E-state index contributed by atoms with van der Waals surface area (Å²) in [5.41, 5.74) is 3.27. The molecule has 0 heterocycles. The maximum atomic E-state index is 12.6. The number of halogens is 1. The normalized spacial score (nSPS) is 26.9. The van der Waals surface area contributed by atoms with E-state index in [1.165, 1.54) is 0 Å². The second-order valence-electron chi connectivity index (χ2n) is 8.82. The summed E-state index contributed by atoms with van der Waals surface area (Å²) in [6, 6.07) is 14.8. The van der Waals surface area contributed by atoms with Crippen LogP contribution in [0.5, 0.6) is 5.75 Å². The largest absolute Gasteiger partial charge is 0.497 e. The van der Waals surface area contributed by atoms with Crippen molar-refractivity contribution in [2.24, 2.45) is 21.9 Å². The SMILES string of the molecule is COc1ccc(C=C2C(=NOC(=O)c3ccccc3Cl)C3(C)CCC2C3(C)C)cc1. The summed E-state index contributed by atoms with van der Waals surface area (Å²) in [6.45, 7) is 6.79. The molecule has 0 N–H and O–H groups in total. The second kappa shape index (κ2) is 7.59. The van der Waals surface area contributed by atoms with E-state index in [-0.39, 0.29) is 10.8 Å². The molecular formula is C25H26ClNO3. The van der Waals surface area contributed by atoms with Gasteiger partial charge in [0.15, 0.2) is 0 Å². The molecule has 5 heteroatoms. The zero-order valence-electron chi connectivity index (χ0n) is 17.7. The molecule has 0 aliphatic heterocycles. The molecule has 2 unspecified atom stereocenters. The Hall–Kier alpha value is -2.59. The van der Waals surface area contributed by atoms with Crippen molar-refractivity contribution in [1.82, 2.24) is 0 Å². The van der Waals surface area contributed by atoms with Gasteiger partial charge in [0, 0.05) is 5.41 Å². The van der Waals surface area contributed by atoms with Crippen LogP contribution in [0.25, 0.3) is 6.08 Å². The van der Waals surface area contributed by atoms with Gasteiger partial charge in [0.05, 0.1) is 23.4 Å². The molecule has 0 aromatic heterocycles. The van der Waals surface area contributed by atoms with E-state index in [2.05, 4.69) is 32.0 Å². The Balaban J connectivity index is 1.71. The predicted octanol–water partition coefficient (Wildman–Crippen LogP) is 6.40. The number of fused-ring (bicyclic) bond motifs is 2. The van der Waals surface area contributed by atoms with Crippen LogP contribution < -0.4 is 4.74 Å². The van der Waals surface area contributed by atoms with E-state index < -0.39 is 5.97 Å². The number of nitrogens with zero attached hydrogens (tertiary/aromatic N) is 1. The van der Waals surface area contributed by atoms with E-state index in [9.17, 15) is 4.79 Å². The van der Waals surface area contributed by atoms with E-state index in [1.54, 1.807) is 31.4 Å². The first-order valence-electron chi connectivity index (χ1n) is 10.2. The molecular weight excluding hydrogens is 398 g/mol. The minimum absolute atomic E-state index is 0.0287. The molecule has 4 rings (SSSR count). The smallest absolute Gasteiger partial charge is 0.367 e. The van der Waals surface area contributed by atoms with Gasteiger partial charge in [-0.2, -0.15) is 0 Å². The predicted molar refractivity (Wildman–Crippen MR) is 120 cm³/mol. The lowest BCUT2D eigenvalue weighted by Crippen LogP contribution is -2.33. The van der Waals surface area contributed by atoms with Crippen LogP contribution in [-0.2, 0) is 4.84 Å². The van der Waals surface area contributed by atoms with Crippen LogP contribution in [-0.4, -0.2) is 18.8 Å². The molecule has 2 saturated carbocycles. The van der Waals surface area contributed by atoms with Crippen LogP contribution >= 0.6 is 11.6 Å². The number of ether oxygens (including phenoxy) is 1. The Labute approximate surface area is 182 Å². The summed E-state index contributed by atoms with van der Waals surface area (Å²) in [7, 11) is 1.66. The second-order valence-corrected chi connectivity index (χ2v) is 9.22.